The van der Waals surface area contributed by atoms with E-state index < -0.39 is 0 Å². The van der Waals surface area contributed by atoms with Crippen LogP contribution in [0.25, 0.3) is 0 Å². The lowest BCUT2D eigenvalue weighted by molar-refractivity contribution is 0.0565. The summed E-state index contributed by atoms with van der Waals surface area (Å²) in [6.07, 6.45) is 1.93. The molecule has 0 saturated carbocycles. The Balaban J connectivity index is 2.13. The number of carbonyl (C=O) groups excluding carboxylic acids is 1. The van der Waals surface area contributed by atoms with Gasteiger partial charge in [-0.1, -0.05) is 11.8 Å². The molecule has 4 nitrogen and oxygen atoms in total. The zero-order valence-electron chi connectivity index (χ0n) is 10.4. The highest BCUT2D eigenvalue weighted by molar-refractivity contribution is 7.98. The first-order valence-electron chi connectivity index (χ1n) is 5.81. The number of amides is 1. The molecular formula is C12H18N2O2S. The van der Waals surface area contributed by atoms with Gasteiger partial charge in [0, 0.05) is 25.2 Å². The Hall–Kier alpha value is -0.940. The molecule has 0 radical (unpaired) electrons. The van der Waals surface area contributed by atoms with Crippen LogP contribution in [0.1, 0.15) is 24.4 Å². The van der Waals surface area contributed by atoms with Crippen molar-refractivity contribution in [3.8, 4) is 0 Å². The molecule has 0 spiro atoms. The average Bonchev–Trinajstić information content (AvgIpc) is 2.80. The number of nitrogens with zero attached hydrogens (tertiary/aromatic N) is 1. The second-order valence-corrected chi connectivity index (χ2v) is 5.12. The Morgan fingerprint density at radius 2 is 2.29 bits per heavy atom. The van der Waals surface area contributed by atoms with Crippen molar-refractivity contribution >= 4 is 17.7 Å². The molecule has 2 atom stereocenters. The van der Waals surface area contributed by atoms with Crippen LogP contribution in [0, 0.1) is 0 Å². The van der Waals surface area contributed by atoms with E-state index in [0.717, 1.165) is 18.2 Å². The van der Waals surface area contributed by atoms with E-state index in [2.05, 4.69) is 19.2 Å². The fraction of sp³-hybridized carbons (Fsp3) is 0.583. The highest BCUT2D eigenvalue weighted by atomic mass is 32.2. The maximum Gasteiger partial charge on any atom is 0.289 e. The first-order chi connectivity index (χ1) is 8.13. The van der Waals surface area contributed by atoms with E-state index in [4.69, 9.17) is 4.42 Å². The molecule has 1 N–H and O–H groups in total. The minimum atomic E-state index is -0.00819. The fourth-order valence-corrected chi connectivity index (χ4v) is 2.41. The summed E-state index contributed by atoms with van der Waals surface area (Å²) < 4.78 is 5.48. The lowest BCUT2D eigenvalue weighted by atomic mass is 10.1. The molecule has 5 heteroatoms. The van der Waals surface area contributed by atoms with Crippen molar-refractivity contribution in [2.45, 2.75) is 31.0 Å². The van der Waals surface area contributed by atoms with Gasteiger partial charge in [0.1, 0.15) is 0 Å². The first kappa shape index (κ1) is 12.5. The molecule has 1 aliphatic heterocycles. The molecule has 0 aromatic carbocycles. The first-order valence-corrected chi connectivity index (χ1v) is 7.04. The molecule has 1 aromatic heterocycles. The van der Waals surface area contributed by atoms with Gasteiger partial charge in [0.15, 0.2) is 10.9 Å². The van der Waals surface area contributed by atoms with Gasteiger partial charge in [0.05, 0.1) is 0 Å². The summed E-state index contributed by atoms with van der Waals surface area (Å²) in [4.78, 5) is 14.2. The minimum Gasteiger partial charge on any atom is -0.445 e. The average molecular weight is 254 g/mol. The van der Waals surface area contributed by atoms with Crippen LogP contribution in [-0.4, -0.2) is 42.2 Å². The molecule has 2 heterocycles. The summed E-state index contributed by atoms with van der Waals surface area (Å²) in [5, 5.41) is 4.14. The van der Waals surface area contributed by atoms with Gasteiger partial charge < -0.3 is 14.6 Å². The lowest BCUT2D eigenvalue weighted by Crippen LogP contribution is -2.57. The summed E-state index contributed by atoms with van der Waals surface area (Å²) in [6.45, 7) is 5.74. The smallest absolute Gasteiger partial charge is 0.289 e. The van der Waals surface area contributed by atoms with Crippen LogP contribution in [0.4, 0.5) is 0 Å². The van der Waals surface area contributed by atoms with Gasteiger partial charge in [0.2, 0.25) is 0 Å². The van der Waals surface area contributed by atoms with E-state index in [-0.39, 0.29) is 11.9 Å². The van der Waals surface area contributed by atoms with E-state index in [1.165, 1.54) is 11.8 Å². The summed E-state index contributed by atoms with van der Waals surface area (Å²) >= 11 is 1.51. The van der Waals surface area contributed by atoms with Gasteiger partial charge in [-0.3, -0.25) is 4.79 Å². The molecule has 17 heavy (non-hydrogen) atoms. The quantitative estimate of drug-likeness (QED) is 0.818. The molecule has 1 aromatic rings. The molecule has 1 saturated heterocycles. The SMILES string of the molecule is CSc1ccc(C(=O)N2CCNC(C)C2C)o1. The highest BCUT2D eigenvalue weighted by Crippen LogP contribution is 2.21. The zero-order valence-corrected chi connectivity index (χ0v) is 11.2. The van der Waals surface area contributed by atoms with Crippen LogP contribution in [0.2, 0.25) is 0 Å². The van der Waals surface area contributed by atoms with Crippen LogP contribution >= 0.6 is 11.8 Å². The van der Waals surface area contributed by atoms with Gasteiger partial charge in [-0.15, -0.1) is 0 Å². The van der Waals surface area contributed by atoms with Crippen LogP contribution in [0.15, 0.2) is 21.6 Å². The number of hydrogen-bond donors (Lipinski definition) is 1. The van der Waals surface area contributed by atoms with Crippen molar-refractivity contribution in [2.24, 2.45) is 0 Å². The van der Waals surface area contributed by atoms with Gasteiger partial charge in [0.25, 0.3) is 5.91 Å². The number of furan rings is 1. The molecule has 2 unspecified atom stereocenters. The standard InChI is InChI=1S/C12H18N2O2S/c1-8-9(2)14(7-6-13-8)12(15)10-4-5-11(16-10)17-3/h4-5,8-9,13H,6-7H2,1-3H3. The Kier molecular flexibility index (Phi) is 3.79. The van der Waals surface area contributed by atoms with Gasteiger partial charge in [-0.05, 0) is 32.2 Å². The van der Waals surface area contributed by atoms with Crippen LogP contribution in [-0.2, 0) is 0 Å². The van der Waals surface area contributed by atoms with Crippen molar-refractivity contribution in [3.63, 3.8) is 0 Å². The number of piperazine rings is 1. The zero-order chi connectivity index (χ0) is 12.4. The predicted molar refractivity (Wildman–Crippen MR) is 68.5 cm³/mol. The number of thioether (sulfide) groups is 1. The second kappa shape index (κ2) is 5.14. The van der Waals surface area contributed by atoms with Crippen molar-refractivity contribution in [1.82, 2.24) is 10.2 Å². The molecule has 0 aliphatic carbocycles. The molecular weight excluding hydrogens is 236 g/mol. The van der Waals surface area contributed by atoms with E-state index in [9.17, 15) is 4.79 Å². The van der Waals surface area contributed by atoms with E-state index in [1.54, 1.807) is 6.07 Å². The number of hydrogen-bond acceptors (Lipinski definition) is 4. The van der Waals surface area contributed by atoms with Crippen LogP contribution < -0.4 is 5.32 Å². The van der Waals surface area contributed by atoms with E-state index in [1.807, 2.05) is 17.2 Å². The van der Waals surface area contributed by atoms with E-state index >= 15 is 0 Å². The maximum atomic E-state index is 12.3. The van der Waals surface area contributed by atoms with Crippen LogP contribution in [0.3, 0.4) is 0 Å². The van der Waals surface area contributed by atoms with E-state index in [0.29, 0.717) is 11.8 Å². The molecule has 1 fully saturated rings. The third-order valence-electron chi connectivity index (χ3n) is 3.29. The lowest BCUT2D eigenvalue weighted by Gasteiger charge is -2.38. The van der Waals surface area contributed by atoms with Gasteiger partial charge >= 0.3 is 0 Å². The van der Waals surface area contributed by atoms with Crippen LogP contribution in [0.5, 0.6) is 0 Å². The predicted octanol–water partition coefficient (Wildman–Crippen LogP) is 1.82. The third kappa shape index (κ3) is 2.50. The minimum absolute atomic E-state index is 0.00819. The largest absolute Gasteiger partial charge is 0.445 e. The molecule has 1 aliphatic rings. The topological polar surface area (TPSA) is 45.5 Å². The summed E-state index contributed by atoms with van der Waals surface area (Å²) in [5.41, 5.74) is 0. The molecule has 94 valence electrons. The third-order valence-corrected chi connectivity index (χ3v) is 3.91. The molecule has 1 amide bonds. The Bertz CT molecular complexity index is 405. The fourth-order valence-electron chi connectivity index (χ4n) is 2.03. The monoisotopic (exact) mass is 254 g/mol. The number of carbonyl (C=O) groups is 1. The second-order valence-electron chi connectivity index (χ2n) is 4.30. The summed E-state index contributed by atoms with van der Waals surface area (Å²) in [6, 6.07) is 4.11. The molecule has 0 bridgehead atoms. The molecule has 2 rings (SSSR count). The highest BCUT2D eigenvalue weighted by Gasteiger charge is 2.30. The van der Waals surface area contributed by atoms with Crippen molar-refractivity contribution in [1.29, 1.82) is 0 Å². The number of rotatable bonds is 2. The van der Waals surface area contributed by atoms with Crippen molar-refractivity contribution in [2.75, 3.05) is 19.3 Å². The maximum absolute atomic E-state index is 12.3. The summed E-state index contributed by atoms with van der Waals surface area (Å²) in [5.74, 6) is 0.432. The van der Waals surface area contributed by atoms with Crippen molar-refractivity contribution < 1.29 is 9.21 Å². The summed E-state index contributed by atoms with van der Waals surface area (Å²) in [7, 11) is 0. The Labute approximate surface area is 106 Å². The van der Waals surface area contributed by atoms with Crippen molar-refractivity contribution in [3.05, 3.63) is 17.9 Å². The Morgan fingerprint density at radius 3 is 2.94 bits per heavy atom. The number of nitrogens with one attached hydrogen (secondary N) is 1. The Morgan fingerprint density at radius 1 is 1.53 bits per heavy atom. The van der Waals surface area contributed by atoms with Gasteiger partial charge in [-0.2, -0.15) is 0 Å². The normalized spacial score (nSPS) is 25.0. The van der Waals surface area contributed by atoms with Gasteiger partial charge in [-0.25, -0.2) is 0 Å².